The average molecular weight is 292 g/mol. The third kappa shape index (κ3) is 3.66. The van der Waals surface area contributed by atoms with E-state index in [0.29, 0.717) is 17.9 Å². The highest BCUT2D eigenvalue weighted by atomic mass is 32.1. The first kappa shape index (κ1) is 15.2. The molecule has 2 aromatic rings. The Hall–Kier alpha value is -1.23. The van der Waals surface area contributed by atoms with E-state index in [4.69, 9.17) is 0 Å². The van der Waals surface area contributed by atoms with Crippen molar-refractivity contribution in [2.24, 2.45) is 0 Å². The van der Waals surface area contributed by atoms with Crippen molar-refractivity contribution in [2.75, 3.05) is 0 Å². The molecule has 0 saturated heterocycles. The summed E-state index contributed by atoms with van der Waals surface area (Å²) in [5.41, 5.74) is 2.30. The molecule has 0 aliphatic carbocycles. The molecule has 0 spiro atoms. The number of nitrogens with zero attached hydrogens (tertiary/aromatic N) is 4. The van der Waals surface area contributed by atoms with Gasteiger partial charge in [-0.2, -0.15) is 10.2 Å². The number of hydrogen-bond donors (Lipinski definition) is 1. The van der Waals surface area contributed by atoms with Crippen LogP contribution in [-0.4, -0.2) is 19.0 Å². The van der Waals surface area contributed by atoms with Crippen molar-refractivity contribution in [3.63, 3.8) is 0 Å². The largest absolute Gasteiger partial charge is 0.270 e. The lowest BCUT2D eigenvalue weighted by Crippen LogP contribution is -2.04. The predicted octanol–water partition coefficient (Wildman–Crippen LogP) is 4.04. The maximum Gasteiger partial charge on any atom is 0.0663 e. The van der Waals surface area contributed by atoms with E-state index in [9.17, 15) is 0 Å². The van der Waals surface area contributed by atoms with Crippen LogP contribution in [-0.2, 0) is 0 Å². The SMILES string of the molecule is CC(CCC(C)c1ccn(C(C)C)n1)c1ccn(S)n1. The van der Waals surface area contributed by atoms with Gasteiger partial charge in [-0.25, -0.2) is 4.09 Å². The van der Waals surface area contributed by atoms with Crippen molar-refractivity contribution in [1.29, 1.82) is 0 Å². The topological polar surface area (TPSA) is 35.6 Å². The monoisotopic (exact) mass is 292 g/mol. The van der Waals surface area contributed by atoms with E-state index in [1.807, 2.05) is 16.9 Å². The van der Waals surface area contributed by atoms with Gasteiger partial charge < -0.3 is 0 Å². The Kier molecular flexibility index (Phi) is 4.91. The molecule has 0 fully saturated rings. The smallest absolute Gasteiger partial charge is 0.0663 e. The van der Waals surface area contributed by atoms with Gasteiger partial charge in [-0.1, -0.05) is 13.8 Å². The molecular weight excluding hydrogens is 268 g/mol. The van der Waals surface area contributed by atoms with Crippen molar-refractivity contribution >= 4 is 12.8 Å². The Morgan fingerprint density at radius 1 is 0.950 bits per heavy atom. The third-order valence-electron chi connectivity index (χ3n) is 3.80. The van der Waals surface area contributed by atoms with Crippen LogP contribution in [0.3, 0.4) is 0 Å². The minimum Gasteiger partial charge on any atom is -0.270 e. The summed E-state index contributed by atoms with van der Waals surface area (Å²) >= 11 is 4.18. The highest BCUT2D eigenvalue weighted by molar-refractivity contribution is 7.78. The van der Waals surface area contributed by atoms with Crippen molar-refractivity contribution in [3.8, 4) is 0 Å². The lowest BCUT2D eigenvalue weighted by Gasteiger charge is -2.13. The molecule has 5 heteroatoms. The van der Waals surface area contributed by atoms with E-state index in [-0.39, 0.29) is 0 Å². The van der Waals surface area contributed by atoms with Crippen molar-refractivity contribution in [3.05, 3.63) is 35.9 Å². The van der Waals surface area contributed by atoms with Gasteiger partial charge in [-0.05, 0) is 51.6 Å². The van der Waals surface area contributed by atoms with Crippen molar-refractivity contribution in [1.82, 2.24) is 19.0 Å². The molecule has 2 atom stereocenters. The number of aromatic nitrogens is 4. The molecule has 0 aliphatic heterocycles. The van der Waals surface area contributed by atoms with Gasteiger partial charge in [-0.15, -0.1) is 0 Å². The van der Waals surface area contributed by atoms with Crippen LogP contribution >= 0.6 is 12.8 Å². The minimum absolute atomic E-state index is 0.425. The molecule has 20 heavy (non-hydrogen) atoms. The summed E-state index contributed by atoms with van der Waals surface area (Å²) in [6.45, 7) is 8.76. The van der Waals surface area contributed by atoms with Gasteiger partial charge in [-0.3, -0.25) is 4.68 Å². The van der Waals surface area contributed by atoms with E-state index in [1.165, 1.54) is 5.69 Å². The summed E-state index contributed by atoms with van der Waals surface area (Å²) < 4.78 is 3.59. The molecule has 0 bridgehead atoms. The van der Waals surface area contributed by atoms with Gasteiger partial charge in [0.2, 0.25) is 0 Å². The molecule has 0 N–H and O–H groups in total. The van der Waals surface area contributed by atoms with Crippen molar-refractivity contribution < 1.29 is 0 Å². The Balaban J connectivity index is 1.89. The predicted molar refractivity (Wildman–Crippen MR) is 85.3 cm³/mol. The second-order valence-corrected chi connectivity index (χ2v) is 6.26. The zero-order valence-corrected chi connectivity index (χ0v) is 13.6. The van der Waals surface area contributed by atoms with Crippen LogP contribution in [0.25, 0.3) is 0 Å². The Morgan fingerprint density at radius 2 is 1.50 bits per heavy atom. The lowest BCUT2D eigenvalue weighted by atomic mass is 9.94. The van der Waals surface area contributed by atoms with Gasteiger partial charge in [0.05, 0.1) is 11.4 Å². The van der Waals surface area contributed by atoms with Gasteiger partial charge in [0.15, 0.2) is 0 Å². The molecule has 0 aliphatic rings. The molecule has 4 nitrogen and oxygen atoms in total. The molecule has 0 radical (unpaired) electrons. The highest BCUT2D eigenvalue weighted by Crippen LogP contribution is 2.26. The van der Waals surface area contributed by atoms with E-state index in [2.05, 4.69) is 63.0 Å². The quantitative estimate of drug-likeness (QED) is 0.816. The molecule has 0 amide bonds. The van der Waals surface area contributed by atoms with Crippen molar-refractivity contribution in [2.45, 2.75) is 58.4 Å². The zero-order valence-electron chi connectivity index (χ0n) is 12.7. The molecule has 2 rings (SSSR count). The Morgan fingerprint density at radius 3 is 1.95 bits per heavy atom. The molecule has 2 aromatic heterocycles. The lowest BCUT2D eigenvalue weighted by molar-refractivity contribution is 0.506. The molecule has 2 heterocycles. The molecule has 110 valence electrons. The summed E-state index contributed by atoms with van der Waals surface area (Å²) in [4.78, 5) is 0. The second kappa shape index (κ2) is 6.48. The van der Waals surface area contributed by atoms with Gasteiger partial charge in [0.1, 0.15) is 0 Å². The Labute approximate surface area is 126 Å². The minimum atomic E-state index is 0.425. The first-order chi connectivity index (χ1) is 9.47. The Bertz CT molecular complexity index is 544. The van der Waals surface area contributed by atoms with Crippen LogP contribution in [0.4, 0.5) is 0 Å². The van der Waals surface area contributed by atoms with Crippen LogP contribution < -0.4 is 0 Å². The summed E-state index contributed by atoms with van der Waals surface area (Å²) in [6, 6.07) is 4.60. The highest BCUT2D eigenvalue weighted by Gasteiger charge is 2.14. The van der Waals surface area contributed by atoms with E-state index in [1.54, 1.807) is 4.09 Å². The number of hydrogen-bond acceptors (Lipinski definition) is 3. The number of rotatable bonds is 6. The van der Waals surface area contributed by atoms with Crippen LogP contribution in [0.5, 0.6) is 0 Å². The summed E-state index contributed by atoms with van der Waals surface area (Å²) in [5.74, 6) is 0.938. The van der Waals surface area contributed by atoms with E-state index >= 15 is 0 Å². The average Bonchev–Trinajstić information content (AvgIpc) is 3.04. The number of thiol groups is 1. The normalized spacial score (nSPS) is 14.7. The zero-order chi connectivity index (χ0) is 14.7. The van der Waals surface area contributed by atoms with E-state index < -0.39 is 0 Å². The molecular formula is C15H24N4S. The fraction of sp³-hybridized carbons (Fsp3) is 0.600. The maximum absolute atomic E-state index is 4.65. The van der Waals surface area contributed by atoms with Crippen LogP contribution in [0.1, 0.15) is 69.8 Å². The van der Waals surface area contributed by atoms with Gasteiger partial charge >= 0.3 is 0 Å². The second-order valence-electron chi connectivity index (χ2n) is 5.85. The van der Waals surface area contributed by atoms with Gasteiger partial charge in [0.25, 0.3) is 0 Å². The first-order valence-electron chi connectivity index (χ1n) is 7.27. The summed E-state index contributed by atoms with van der Waals surface area (Å²) in [6.07, 6.45) is 6.18. The first-order valence-corrected chi connectivity index (χ1v) is 7.67. The van der Waals surface area contributed by atoms with Crippen LogP contribution in [0, 0.1) is 0 Å². The summed E-state index contributed by atoms with van der Waals surface area (Å²) in [5, 5.41) is 9.00. The van der Waals surface area contributed by atoms with Crippen LogP contribution in [0.15, 0.2) is 24.5 Å². The summed E-state index contributed by atoms with van der Waals surface area (Å²) in [7, 11) is 0. The third-order valence-corrected chi connectivity index (χ3v) is 4.02. The maximum atomic E-state index is 4.65. The van der Waals surface area contributed by atoms with E-state index in [0.717, 1.165) is 18.5 Å². The fourth-order valence-corrected chi connectivity index (χ4v) is 2.46. The van der Waals surface area contributed by atoms with Gasteiger partial charge in [0, 0.05) is 30.3 Å². The van der Waals surface area contributed by atoms with Crippen LogP contribution in [0.2, 0.25) is 0 Å². The standard InChI is InChI=1S/C15H24N4S/c1-11(2)18-9-7-14(16-18)12(3)5-6-13(4)15-8-10-19(20)17-15/h7-13,20H,5-6H2,1-4H3. The molecule has 2 unspecified atom stereocenters. The fourth-order valence-electron chi connectivity index (χ4n) is 2.29. The molecule has 0 saturated carbocycles. The molecule has 0 aromatic carbocycles.